The van der Waals surface area contributed by atoms with E-state index in [1.807, 2.05) is 55.6 Å². The third kappa shape index (κ3) is 3.38. The highest BCUT2D eigenvalue weighted by atomic mass is 16.5. The van der Waals surface area contributed by atoms with Crippen LogP contribution in [0.25, 0.3) is 0 Å². The number of hydrogen-bond donors (Lipinski definition) is 2. The predicted molar refractivity (Wildman–Crippen MR) is 101 cm³/mol. The number of piperidine rings is 1. The normalized spacial score (nSPS) is 31.4. The van der Waals surface area contributed by atoms with Crippen molar-refractivity contribution in [2.75, 3.05) is 7.05 Å². The number of hydrogen-bond acceptors (Lipinski definition) is 5. The van der Waals surface area contributed by atoms with Crippen LogP contribution in [0.15, 0.2) is 60.7 Å². The van der Waals surface area contributed by atoms with Gasteiger partial charge in [-0.05, 0) is 31.2 Å². The van der Waals surface area contributed by atoms with Crippen molar-refractivity contribution in [3.05, 3.63) is 71.8 Å². The number of carbonyl (C=O) groups excluding carboxylic acids is 1. The molecule has 2 N–H and O–H groups in total. The van der Waals surface area contributed by atoms with E-state index < -0.39 is 12.2 Å². The van der Waals surface area contributed by atoms with Gasteiger partial charge in [-0.25, -0.2) is 4.79 Å². The second-order valence-electron chi connectivity index (χ2n) is 7.58. The monoisotopic (exact) mass is 367 g/mol. The molecule has 2 saturated heterocycles. The number of carbonyl (C=O) groups is 1. The highest BCUT2D eigenvalue weighted by molar-refractivity contribution is 5.89. The second-order valence-corrected chi connectivity index (χ2v) is 7.58. The van der Waals surface area contributed by atoms with Crippen molar-refractivity contribution >= 4 is 5.97 Å². The van der Waals surface area contributed by atoms with Crippen LogP contribution in [0.3, 0.4) is 0 Å². The maximum absolute atomic E-state index is 12.5. The molecule has 6 atom stereocenters. The van der Waals surface area contributed by atoms with Crippen molar-refractivity contribution in [2.24, 2.45) is 5.92 Å². The molecular weight excluding hydrogens is 342 g/mol. The molecule has 2 heterocycles. The van der Waals surface area contributed by atoms with Crippen LogP contribution in [-0.2, 0) is 4.74 Å². The minimum Gasteiger partial charge on any atom is -0.457 e. The summed E-state index contributed by atoms with van der Waals surface area (Å²) in [5.41, 5.74) is 1.33. The third-order valence-electron chi connectivity index (χ3n) is 6.09. The molecule has 0 aliphatic carbocycles. The summed E-state index contributed by atoms with van der Waals surface area (Å²) in [7, 11) is 1.99. The molecule has 6 unspecified atom stereocenters. The quantitative estimate of drug-likeness (QED) is 0.812. The Kier molecular flexibility index (Phi) is 5.00. The van der Waals surface area contributed by atoms with Crippen LogP contribution in [0.1, 0.15) is 34.9 Å². The van der Waals surface area contributed by atoms with E-state index in [0.717, 1.165) is 5.56 Å². The van der Waals surface area contributed by atoms with Gasteiger partial charge in [0.2, 0.25) is 0 Å². The van der Waals surface area contributed by atoms with Gasteiger partial charge < -0.3 is 14.9 Å². The molecule has 2 aliphatic rings. The van der Waals surface area contributed by atoms with Crippen LogP contribution in [0, 0.1) is 5.92 Å². The Morgan fingerprint density at radius 3 is 2.33 bits per heavy atom. The zero-order chi connectivity index (χ0) is 19.0. The molecule has 2 aliphatic heterocycles. The van der Waals surface area contributed by atoms with Gasteiger partial charge in [-0.1, -0.05) is 48.5 Å². The van der Waals surface area contributed by atoms with E-state index in [-0.39, 0.29) is 30.1 Å². The van der Waals surface area contributed by atoms with E-state index in [1.165, 1.54) is 0 Å². The highest BCUT2D eigenvalue weighted by Crippen LogP contribution is 2.44. The average molecular weight is 367 g/mol. The van der Waals surface area contributed by atoms with Crippen LogP contribution < -0.4 is 0 Å². The lowest BCUT2D eigenvalue weighted by Gasteiger charge is -2.42. The van der Waals surface area contributed by atoms with Crippen LogP contribution in [0.2, 0.25) is 0 Å². The minimum absolute atomic E-state index is 0.0307. The van der Waals surface area contributed by atoms with Gasteiger partial charge in [0.25, 0.3) is 0 Å². The smallest absolute Gasteiger partial charge is 0.338 e. The third-order valence-corrected chi connectivity index (χ3v) is 6.09. The lowest BCUT2D eigenvalue weighted by molar-refractivity contribution is -0.0720. The number of ether oxygens (including phenoxy) is 1. The molecule has 0 spiro atoms. The van der Waals surface area contributed by atoms with Crippen LogP contribution in [0.5, 0.6) is 0 Å². The fraction of sp³-hybridized carbons (Fsp3) is 0.409. The summed E-state index contributed by atoms with van der Waals surface area (Å²) in [4.78, 5) is 14.6. The van der Waals surface area contributed by atoms with Gasteiger partial charge in [0.1, 0.15) is 6.10 Å². The van der Waals surface area contributed by atoms with Crippen LogP contribution in [-0.4, -0.2) is 52.4 Å². The summed E-state index contributed by atoms with van der Waals surface area (Å²) in [6, 6.07) is 18.3. The molecule has 2 bridgehead atoms. The molecule has 27 heavy (non-hydrogen) atoms. The molecule has 0 aromatic heterocycles. The van der Waals surface area contributed by atoms with Crippen molar-refractivity contribution in [3.8, 4) is 0 Å². The topological polar surface area (TPSA) is 70.0 Å². The van der Waals surface area contributed by atoms with Gasteiger partial charge in [-0.2, -0.15) is 0 Å². The van der Waals surface area contributed by atoms with Crippen molar-refractivity contribution in [3.63, 3.8) is 0 Å². The summed E-state index contributed by atoms with van der Waals surface area (Å²) in [5.74, 6) is -0.648. The molecule has 2 aromatic carbocycles. The molecule has 5 nitrogen and oxygen atoms in total. The average Bonchev–Trinajstić information content (AvgIpc) is 2.90. The molecule has 2 aromatic rings. The predicted octanol–water partition coefficient (Wildman–Crippen LogP) is 2.40. The number of rotatable bonds is 4. The Labute approximate surface area is 159 Å². The highest BCUT2D eigenvalue weighted by Gasteiger charge is 2.53. The van der Waals surface area contributed by atoms with Gasteiger partial charge >= 0.3 is 5.97 Å². The first-order chi connectivity index (χ1) is 13.1. The Balaban J connectivity index is 1.52. The largest absolute Gasteiger partial charge is 0.457 e. The van der Waals surface area contributed by atoms with Gasteiger partial charge in [0, 0.05) is 24.4 Å². The van der Waals surface area contributed by atoms with E-state index in [1.54, 1.807) is 12.1 Å². The fourth-order valence-electron chi connectivity index (χ4n) is 4.68. The first kappa shape index (κ1) is 18.2. The molecule has 142 valence electrons. The maximum Gasteiger partial charge on any atom is 0.338 e. The van der Waals surface area contributed by atoms with Crippen molar-refractivity contribution < 1.29 is 19.7 Å². The number of likely N-dealkylation sites (N-methyl/N-ethyl adjacent to an activating group) is 1. The standard InChI is InChI=1S/C22H25NO4/c1-23-16-12-18(24)20(21(25)14-8-4-2-5-9-14)17(23)13-19(16)27-22(26)15-10-6-3-7-11-15/h2-11,16-21,24-25H,12-13H2,1H3. The Morgan fingerprint density at radius 2 is 1.67 bits per heavy atom. The van der Waals surface area contributed by atoms with Gasteiger partial charge in [0.15, 0.2) is 0 Å². The number of esters is 1. The van der Waals surface area contributed by atoms with Gasteiger partial charge in [-0.3, -0.25) is 4.90 Å². The maximum atomic E-state index is 12.5. The van der Waals surface area contributed by atoms with E-state index in [0.29, 0.717) is 18.4 Å². The summed E-state index contributed by atoms with van der Waals surface area (Å²) < 4.78 is 5.79. The number of benzene rings is 2. The van der Waals surface area contributed by atoms with Crippen LogP contribution >= 0.6 is 0 Å². The second kappa shape index (κ2) is 7.43. The Hall–Kier alpha value is -2.21. The van der Waals surface area contributed by atoms with Crippen LogP contribution in [0.4, 0.5) is 0 Å². The molecule has 0 amide bonds. The number of nitrogens with zero attached hydrogens (tertiary/aromatic N) is 1. The van der Waals surface area contributed by atoms with E-state index in [2.05, 4.69) is 4.90 Å². The molecule has 4 rings (SSSR count). The Morgan fingerprint density at radius 1 is 1.04 bits per heavy atom. The van der Waals surface area contributed by atoms with Gasteiger partial charge in [-0.15, -0.1) is 0 Å². The summed E-state index contributed by atoms with van der Waals surface area (Å²) in [6.07, 6.45) is -0.569. The lowest BCUT2D eigenvalue weighted by atomic mass is 9.81. The Bertz CT molecular complexity index is 781. The summed E-state index contributed by atoms with van der Waals surface area (Å²) in [6.45, 7) is 0. The van der Waals surface area contributed by atoms with E-state index in [9.17, 15) is 15.0 Å². The summed E-state index contributed by atoms with van der Waals surface area (Å²) in [5, 5.41) is 21.6. The molecule has 2 fully saturated rings. The van der Waals surface area contributed by atoms with Crippen molar-refractivity contribution in [1.29, 1.82) is 0 Å². The number of aliphatic hydroxyl groups is 2. The first-order valence-electron chi connectivity index (χ1n) is 9.45. The number of fused-ring (bicyclic) bond motifs is 2. The lowest BCUT2D eigenvalue weighted by Crippen LogP contribution is -2.52. The first-order valence-corrected chi connectivity index (χ1v) is 9.45. The molecule has 5 heteroatoms. The SMILES string of the molecule is CN1C2CC(O)C(C(O)c3ccccc3)C1CC2OC(=O)c1ccccc1. The van der Waals surface area contributed by atoms with E-state index in [4.69, 9.17) is 4.74 Å². The molecule has 0 saturated carbocycles. The zero-order valence-electron chi connectivity index (χ0n) is 15.3. The molecular formula is C22H25NO4. The fourth-order valence-corrected chi connectivity index (χ4v) is 4.68. The van der Waals surface area contributed by atoms with E-state index >= 15 is 0 Å². The van der Waals surface area contributed by atoms with Crippen molar-refractivity contribution in [2.45, 2.75) is 43.2 Å². The van der Waals surface area contributed by atoms with Gasteiger partial charge in [0.05, 0.1) is 17.8 Å². The minimum atomic E-state index is -0.752. The summed E-state index contributed by atoms with van der Waals surface area (Å²) >= 11 is 0. The zero-order valence-corrected chi connectivity index (χ0v) is 15.3. The van der Waals surface area contributed by atoms with Crippen molar-refractivity contribution in [1.82, 2.24) is 4.90 Å². The molecule has 0 radical (unpaired) electrons. The number of aliphatic hydroxyl groups excluding tert-OH is 2.